The zero-order valence-electron chi connectivity index (χ0n) is 20.0. The predicted molar refractivity (Wildman–Crippen MR) is 127 cm³/mol. The van der Waals surface area contributed by atoms with Crippen molar-refractivity contribution in [2.75, 3.05) is 13.1 Å². The number of halogens is 1. The van der Waals surface area contributed by atoms with Gasteiger partial charge in [-0.05, 0) is 60.7 Å². The molecule has 2 fully saturated rings. The number of hydrogen-bond donors (Lipinski definition) is 2. The molecule has 9 nitrogen and oxygen atoms in total. The molecule has 2 aliphatic rings. The van der Waals surface area contributed by atoms with Gasteiger partial charge >= 0.3 is 6.03 Å². The highest BCUT2D eigenvalue weighted by Crippen LogP contribution is 2.34. The monoisotopic (exact) mass is 491 g/mol. The first-order valence-electron chi connectivity index (χ1n) is 11.9. The van der Waals surface area contributed by atoms with E-state index in [0.29, 0.717) is 54.4 Å². The first-order valence-corrected chi connectivity index (χ1v) is 11.9. The largest absolute Gasteiger partial charge is 0.420 e. The summed E-state index contributed by atoms with van der Waals surface area (Å²) in [7, 11) is 0. The Morgan fingerprint density at radius 3 is 2.31 bits per heavy atom. The molecule has 2 saturated heterocycles. The van der Waals surface area contributed by atoms with E-state index in [4.69, 9.17) is 4.42 Å². The molecule has 2 N–H and O–H groups in total. The van der Waals surface area contributed by atoms with Crippen LogP contribution in [0.25, 0.3) is 11.5 Å². The van der Waals surface area contributed by atoms with E-state index in [1.165, 1.54) is 12.1 Å². The fourth-order valence-electron chi connectivity index (χ4n) is 4.91. The van der Waals surface area contributed by atoms with Gasteiger partial charge in [-0.3, -0.25) is 14.9 Å². The van der Waals surface area contributed by atoms with Crippen molar-refractivity contribution in [2.45, 2.75) is 38.1 Å². The lowest BCUT2D eigenvalue weighted by Crippen LogP contribution is -2.48. The molecule has 36 heavy (non-hydrogen) atoms. The minimum Gasteiger partial charge on any atom is -0.420 e. The van der Waals surface area contributed by atoms with Crippen LogP contribution in [0.4, 0.5) is 9.18 Å². The van der Waals surface area contributed by atoms with Gasteiger partial charge in [0, 0.05) is 30.1 Å². The van der Waals surface area contributed by atoms with Crippen LogP contribution in [0.1, 0.15) is 54.4 Å². The minimum atomic E-state index is -1.16. The molecule has 0 bridgehead atoms. The molecule has 1 aromatic heterocycles. The van der Waals surface area contributed by atoms with Crippen molar-refractivity contribution in [1.82, 2.24) is 25.7 Å². The summed E-state index contributed by atoms with van der Waals surface area (Å²) in [4.78, 5) is 39.3. The summed E-state index contributed by atoms with van der Waals surface area (Å²) in [5.74, 6) is -0.119. The highest BCUT2D eigenvalue weighted by molar-refractivity contribution is 6.07. The number of nitrogens with zero attached hydrogens (tertiary/aromatic N) is 3. The molecule has 2 aliphatic heterocycles. The first-order chi connectivity index (χ1) is 17.3. The second-order valence-electron chi connectivity index (χ2n) is 9.47. The third-order valence-corrected chi connectivity index (χ3v) is 7.01. The van der Waals surface area contributed by atoms with Gasteiger partial charge in [0.1, 0.15) is 11.4 Å². The molecule has 3 aromatic rings. The Morgan fingerprint density at radius 2 is 1.72 bits per heavy atom. The minimum absolute atomic E-state index is 0.0357. The molecule has 0 unspecified atom stereocenters. The SMILES string of the molecule is CC(C)[C@]1(c2ccc(C(=O)N3CCC(c4nnc(-c5ccc(F)cc5)o4)CC3)cc2)NC(=O)NC1=O. The van der Waals surface area contributed by atoms with E-state index in [2.05, 4.69) is 20.8 Å². The number of amides is 4. The maximum Gasteiger partial charge on any atom is 0.322 e. The lowest BCUT2D eigenvalue weighted by atomic mass is 9.79. The number of benzene rings is 2. The summed E-state index contributed by atoms with van der Waals surface area (Å²) < 4.78 is 19.0. The molecule has 186 valence electrons. The quantitative estimate of drug-likeness (QED) is 0.527. The maximum atomic E-state index is 13.2. The van der Waals surface area contributed by atoms with Crippen LogP contribution in [-0.4, -0.2) is 46.0 Å². The lowest BCUT2D eigenvalue weighted by molar-refractivity contribution is -0.125. The number of hydrogen-bond acceptors (Lipinski definition) is 6. The van der Waals surface area contributed by atoms with E-state index in [1.54, 1.807) is 41.3 Å². The molecule has 2 aromatic carbocycles. The molecule has 4 amide bonds. The second-order valence-corrected chi connectivity index (χ2v) is 9.47. The summed E-state index contributed by atoms with van der Waals surface area (Å²) in [5.41, 5.74) is 0.634. The highest BCUT2D eigenvalue weighted by atomic mass is 19.1. The van der Waals surface area contributed by atoms with Crippen LogP contribution in [-0.2, 0) is 10.3 Å². The lowest BCUT2D eigenvalue weighted by Gasteiger charge is -2.32. The van der Waals surface area contributed by atoms with E-state index in [9.17, 15) is 18.8 Å². The van der Waals surface area contributed by atoms with Crippen LogP contribution in [0.3, 0.4) is 0 Å². The summed E-state index contributed by atoms with van der Waals surface area (Å²) in [6.07, 6.45) is 1.36. The number of carbonyl (C=O) groups excluding carboxylic acids is 3. The molecule has 3 heterocycles. The molecule has 5 rings (SSSR count). The van der Waals surface area contributed by atoms with Gasteiger partial charge in [0.2, 0.25) is 11.8 Å². The van der Waals surface area contributed by atoms with Crippen molar-refractivity contribution >= 4 is 17.8 Å². The number of likely N-dealkylation sites (tertiary alicyclic amines) is 1. The van der Waals surface area contributed by atoms with Gasteiger partial charge < -0.3 is 14.6 Å². The molecule has 1 atom stereocenters. The number of piperidine rings is 1. The van der Waals surface area contributed by atoms with Gasteiger partial charge in [-0.2, -0.15) is 0 Å². The van der Waals surface area contributed by atoms with E-state index < -0.39 is 17.5 Å². The van der Waals surface area contributed by atoms with E-state index >= 15 is 0 Å². The fourth-order valence-corrected chi connectivity index (χ4v) is 4.91. The molecule has 10 heteroatoms. The smallest absolute Gasteiger partial charge is 0.322 e. The number of carbonyl (C=O) groups is 3. The van der Waals surface area contributed by atoms with Crippen LogP contribution in [0.15, 0.2) is 52.9 Å². The van der Waals surface area contributed by atoms with Crippen LogP contribution in [0.2, 0.25) is 0 Å². The maximum absolute atomic E-state index is 13.2. The number of imide groups is 1. The molecule has 0 spiro atoms. The Bertz CT molecular complexity index is 1300. The van der Waals surface area contributed by atoms with Crippen molar-refractivity contribution in [1.29, 1.82) is 0 Å². The zero-order chi connectivity index (χ0) is 25.4. The fraction of sp³-hybridized carbons (Fsp3) is 0.346. The van der Waals surface area contributed by atoms with E-state index in [0.717, 1.165) is 0 Å². The third-order valence-electron chi connectivity index (χ3n) is 7.01. The zero-order valence-corrected chi connectivity index (χ0v) is 20.0. The normalized spacial score (nSPS) is 20.5. The Kier molecular flexibility index (Phi) is 6.03. The summed E-state index contributed by atoms with van der Waals surface area (Å²) >= 11 is 0. The number of aromatic nitrogens is 2. The number of rotatable bonds is 5. The molecule has 0 saturated carbocycles. The van der Waals surface area contributed by atoms with Crippen molar-refractivity contribution < 1.29 is 23.2 Å². The Hall–Kier alpha value is -4.08. The molecular weight excluding hydrogens is 465 g/mol. The van der Waals surface area contributed by atoms with E-state index in [-0.39, 0.29) is 23.6 Å². The van der Waals surface area contributed by atoms with Crippen molar-refractivity contribution in [2.24, 2.45) is 5.92 Å². The van der Waals surface area contributed by atoms with E-state index in [1.807, 2.05) is 13.8 Å². The molecular formula is C26H26FN5O4. The topological polar surface area (TPSA) is 117 Å². The van der Waals surface area contributed by atoms with Gasteiger partial charge in [-0.25, -0.2) is 9.18 Å². The van der Waals surface area contributed by atoms with Crippen molar-refractivity contribution in [3.8, 4) is 11.5 Å². The third kappa shape index (κ3) is 4.12. The van der Waals surface area contributed by atoms with Crippen LogP contribution in [0, 0.1) is 11.7 Å². The van der Waals surface area contributed by atoms with Crippen LogP contribution < -0.4 is 10.6 Å². The van der Waals surface area contributed by atoms with Gasteiger partial charge in [0.05, 0.1) is 0 Å². The standard InChI is InChI=1S/C26H26FN5O4/c1-15(2)26(24(34)28-25(35)29-26)19-7-3-18(4-8-19)23(33)32-13-11-17(12-14-32)22-31-30-21(36-22)16-5-9-20(27)10-6-16/h3-10,15,17H,11-14H2,1-2H3,(H2,28,29,34,35)/t26-/m1/s1. The predicted octanol–water partition coefficient (Wildman–Crippen LogP) is 3.59. The van der Waals surface area contributed by atoms with Crippen molar-refractivity contribution in [3.05, 3.63) is 71.4 Å². The highest BCUT2D eigenvalue weighted by Gasteiger charge is 2.50. The number of nitrogens with one attached hydrogen (secondary N) is 2. The average Bonchev–Trinajstić information content (AvgIpc) is 3.49. The molecule has 0 aliphatic carbocycles. The number of urea groups is 1. The Balaban J connectivity index is 1.24. The van der Waals surface area contributed by atoms with Crippen LogP contribution in [0.5, 0.6) is 0 Å². The summed E-state index contributed by atoms with van der Waals surface area (Å²) in [6.45, 7) is 4.79. The Morgan fingerprint density at radius 1 is 1.06 bits per heavy atom. The molecule has 0 radical (unpaired) electrons. The van der Waals surface area contributed by atoms with Crippen LogP contribution >= 0.6 is 0 Å². The first kappa shape index (κ1) is 23.7. The van der Waals surface area contributed by atoms with Gasteiger partial charge in [-0.1, -0.05) is 26.0 Å². The van der Waals surface area contributed by atoms with Crippen molar-refractivity contribution in [3.63, 3.8) is 0 Å². The van der Waals surface area contributed by atoms with Gasteiger partial charge in [0.25, 0.3) is 11.8 Å². The average molecular weight is 492 g/mol. The van der Waals surface area contributed by atoms with Gasteiger partial charge in [0.15, 0.2) is 0 Å². The van der Waals surface area contributed by atoms with Gasteiger partial charge in [-0.15, -0.1) is 10.2 Å². The summed E-state index contributed by atoms with van der Waals surface area (Å²) in [6, 6.07) is 12.2. The second kappa shape index (κ2) is 9.18. The Labute approximate surface area is 207 Å². The summed E-state index contributed by atoms with van der Waals surface area (Å²) in [5, 5.41) is 13.3.